The van der Waals surface area contributed by atoms with Crippen LogP contribution in [-0.2, 0) is 4.79 Å². The molecule has 0 radical (unpaired) electrons. The van der Waals surface area contributed by atoms with Crippen LogP contribution in [0.25, 0.3) is 0 Å². The van der Waals surface area contributed by atoms with Gasteiger partial charge in [-0.3, -0.25) is 4.79 Å². The summed E-state index contributed by atoms with van der Waals surface area (Å²) in [5.74, 6) is 0.621. The quantitative estimate of drug-likeness (QED) is 0.680. The fourth-order valence-corrected chi connectivity index (χ4v) is 2.87. The molecule has 13 heavy (non-hydrogen) atoms. The third kappa shape index (κ3) is 1.59. The Labute approximate surface area is 80.3 Å². The minimum absolute atomic E-state index is 0.372. The Hall–Kier alpha value is -0.530. The molecule has 2 fully saturated rings. The number of fused-ring (bicyclic) bond motifs is 2. The number of carboxylic acids is 1. The molecule has 2 saturated carbocycles. The highest BCUT2D eigenvalue weighted by molar-refractivity contribution is 5.75. The van der Waals surface area contributed by atoms with E-state index in [9.17, 15) is 4.79 Å². The van der Waals surface area contributed by atoms with Gasteiger partial charge in [0.1, 0.15) is 0 Å². The van der Waals surface area contributed by atoms with Gasteiger partial charge in [0.05, 0.1) is 5.41 Å². The molecule has 0 spiro atoms. The fourth-order valence-electron chi connectivity index (χ4n) is 2.87. The number of rotatable bonds is 1. The van der Waals surface area contributed by atoms with E-state index in [0.29, 0.717) is 5.92 Å². The Morgan fingerprint density at radius 1 is 1.38 bits per heavy atom. The van der Waals surface area contributed by atoms with Crippen LogP contribution in [0.1, 0.15) is 46.5 Å². The summed E-state index contributed by atoms with van der Waals surface area (Å²) in [4.78, 5) is 10.9. The van der Waals surface area contributed by atoms with Gasteiger partial charge in [-0.2, -0.15) is 0 Å². The number of aliphatic carboxylic acids is 1. The van der Waals surface area contributed by atoms with E-state index < -0.39 is 5.97 Å². The minimum atomic E-state index is -0.579. The third-order valence-corrected chi connectivity index (χ3v) is 3.64. The predicted octanol–water partition coefficient (Wildman–Crippen LogP) is 2.92. The average molecular weight is 184 g/mol. The van der Waals surface area contributed by atoms with Crippen molar-refractivity contribution in [3.05, 3.63) is 0 Å². The SMILES string of the molecule is CC.CC1(C(=O)O)CC2CCC1C2. The maximum Gasteiger partial charge on any atom is 0.309 e. The molecule has 2 bridgehead atoms. The van der Waals surface area contributed by atoms with Gasteiger partial charge in [-0.05, 0) is 38.0 Å². The lowest BCUT2D eigenvalue weighted by atomic mass is 9.75. The average Bonchev–Trinajstić information content (AvgIpc) is 2.67. The summed E-state index contributed by atoms with van der Waals surface area (Å²) in [5.41, 5.74) is -0.372. The summed E-state index contributed by atoms with van der Waals surface area (Å²) in [6.07, 6.45) is 4.51. The zero-order chi connectivity index (χ0) is 10.1. The van der Waals surface area contributed by atoms with Crippen molar-refractivity contribution in [2.75, 3.05) is 0 Å². The zero-order valence-electron chi connectivity index (χ0n) is 8.84. The van der Waals surface area contributed by atoms with Crippen LogP contribution in [0.15, 0.2) is 0 Å². The van der Waals surface area contributed by atoms with Gasteiger partial charge in [-0.25, -0.2) is 0 Å². The van der Waals surface area contributed by atoms with Gasteiger partial charge in [0.25, 0.3) is 0 Å². The number of carbonyl (C=O) groups is 1. The van der Waals surface area contributed by atoms with E-state index in [4.69, 9.17) is 5.11 Å². The van der Waals surface area contributed by atoms with Crippen molar-refractivity contribution in [3.8, 4) is 0 Å². The van der Waals surface area contributed by atoms with Crippen molar-refractivity contribution in [2.45, 2.75) is 46.5 Å². The number of carboxylic acid groups (broad SMARTS) is 1. The molecule has 0 aliphatic heterocycles. The lowest BCUT2D eigenvalue weighted by Gasteiger charge is -2.28. The molecule has 1 N–H and O–H groups in total. The van der Waals surface area contributed by atoms with Crippen LogP contribution in [0.4, 0.5) is 0 Å². The largest absolute Gasteiger partial charge is 0.481 e. The highest BCUT2D eigenvalue weighted by Gasteiger charge is 2.52. The molecule has 2 nitrogen and oxygen atoms in total. The highest BCUT2D eigenvalue weighted by Crippen LogP contribution is 2.55. The standard InChI is InChI=1S/C9H14O2.C2H6/c1-9(8(10)11)5-6-2-3-7(9)4-6;1-2/h6-7H,2-5H2,1H3,(H,10,11);1-2H3. The summed E-state index contributed by atoms with van der Waals surface area (Å²) < 4.78 is 0. The molecule has 0 aromatic heterocycles. The molecular weight excluding hydrogens is 164 g/mol. The Bertz CT molecular complexity index is 200. The van der Waals surface area contributed by atoms with E-state index in [1.165, 1.54) is 12.8 Å². The van der Waals surface area contributed by atoms with E-state index in [0.717, 1.165) is 18.8 Å². The van der Waals surface area contributed by atoms with Gasteiger partial charge in [-0.1, -0.05) is 20.3 Å². The minimum Gasteiger partial charge on any atom is -0.481 e. The number of hydrogen-bond donors (Lipinski definition) is 1. The first-order valence-corrected chi connectivity index (χ1v) is 5.36. The summed E-state index contributed by atoms with van der Waals surface area (Å²) in [6, 6.07) is 0. The monoisotopic (exact) mass is 184 g/mol. The van der Waals surface area contributed by atoms with Gasteiger partial charge >= 0.3 is 5.97 Å². The van der Waals surface area contributed by atoms with Gasteiger partial charge in [0.15, 0.2) is 0 Å². The Morgan fingerprint density at radius 3 is 2.23 bits per heavy atom. The summed E-state index contributed by atoms with van der Waals surface area (Å²) >= 11 is 0. The predicted molar refractivity (Wildman–Crippen MR) is 52.5 cm³/mol. The van der Waals surface area contributed by atoms with Gasteiger partial charge in [0, 0.05) is 0 Å². The first kappa shape index (κ1) is 10.6. The van der Waals surface area contributed by atoms with Gasteiger partial charge in [0.2, 0.25) is 0 Å². The van der Waals surface area contributed by atoms with Gasteiger partial charge in [-0.15, -0.1) is 0 Å². The molecule has 2 aliphatic carbocycles. The Kier molecular flexibility index (Phi) is 2.99. The van der Waals surface area contributed by atoms with Crippen molar-refractivity contribution >= 4 is 5.97 Å². The molecule has 0 aromatic carbocycles. The van der Waals surface area contributed by atoms with Crippen molar-refractivity contribution in [3.63, 3.8) is 0 Å². The van der Waals surface area contributed by atoms with Crippen molar-refractivity contribution in [1.82, 2.24) is 0 Å². The highest BCUT2D eigenvalue weighted by atomic mass is 16.4. The van der Waals surface area contributed by atoms with Crippen molar-refractivity contribution in [1.29, 1.82) is 0 Å². The summed E-state index contributed by atoms with van der Waals surface area (Å²) in [7, 11) is 0. The van der Waals surface area contributed by atoms with E-state index in [1.807, 2.05) is 20.8 Å². The van der Waals surface area contributed by atoms with Crippen LogP contribution in [0.5, 0.6) is 0 Å². The lowest BCUT2D eigenvalue weighted by molar-refractivity contribution is -0.151. The van der Waals surface area contributed by atoms with Crippen molar-refractivity contribution in [2.24, 2.45) is 17.3 Å². The molecule has 0 saturated heterocycles. The molecule has 0 heterocycles. The van der Waals surface area contributed by atoms with E-state index in [1.54, 1.807) is 0 Å². The first-order chi connectivity index (χ1) is 6.13. The second kappa shape index (κ2) is 3.69. The molecule has 0 aromatic rings. The normalized spacial score (nSPS) is 41.2. The second-order valence-corrected chi connectivity index (χ2v) is 4.30. The maximum absolute atomic E-state index is 10.9. The van der Waals surface area contributed by atoms with Crippen LogP contribution in [0.2, 0.25) is 0 Å². The van der Waals surface area contributed by atoms with Crippen LogP contribution < -0.4 is 0 Å². The molecular formula is C11H20O2. The Balaban J connectivity index is 0.000000396. The smallest absolute Gasteiger partial charge is 0.309 e. The van der Waals surface area contributed by atoms with Crippen LogP contribution in [0, 0.1) is 17.3 Å². The maximum atomic E-state index is 10.9. The number of hydrogen-bond acceptors (Lipinski definition) is 1. The van der Waals surface area contributed by atoms with Crippen LogP contribution in [0.3, 0.4) is 0 Å². The first-order valence-electron chi connectivity index (χ1n) is 5.36. The molecule has 3 unspecified atom stereocenters. The third-order valence-electron chi connectivity index (χ3n) is 3.64. The molecule has 0 amide bonds. The molecule has 76 valence electrons. The zero-order valence-corrected chi connectivity index (χ0v) is 8.84. The Morgan fingerprint density at radius 2 is 2.00 bits per heavy atom. The summed E-state index contributed by atoms with van der Waals surface area (Å²) in [5, 5.41) is 8.99. The molecule has 2 aliphatic rings. The second-order valence-electron chi connectivity index (χ2n) is 4.30. The molecule has 3 atom stereocenters. The van der Waals surface area contributed by atoms with Crippen LogP contribution in [-0.4, -0.2) is 11.1 Å². The van der Waals surface area contributed by atoms with E-state index in [-0.39, 0.29) is 5.41 Å². The fraction of sp³-hybridized carbons (Fsp3) is 0.909. The lowest BCUT2D eigenvalue weighted by Crippen LogP contribution is -2.32. The topological polar surface area (TPSA) is 37.3 Å². The van der Waals surface area contributed by atoms with E-state index in [2.05, 4.69) is 0 Å². The molecule has 2 rings (SSSR count). The van der Waals surface area contributed by atoms with E-state index >= 15 is 0 Å². The summed E-state index contributed by atoms with van der Waals surface area (Å²) in [6.45, 7) is 5.92. The van der Waals surface area contributed by atoms with Crippen molar-refractivity contribution < 1.29 is 9.90 Å². The molecule has 2 heteroatoms. The van der Waals surface area contributed by atoms with Crippen LogP contribution >= 0.6 is 0 Å². The van der Waals surface area contributed by atoms with Gasteiger partial charge < -0.3 is 5.11 Å².